The standard InChI is InChI=1S/C12H14ClNO4S/c1-18-11-4-5-12(19(13,16)17)9(6-11)7-14(8-15)10-2-3-10/h4-6,8,10H,2-3,7H2,1H3. The number of carbonyl (C=O) groups is 1. The zero-order chi connectivity index (χ0) is 14.0. The van der Waals surface area contributed by atoms with Gasteiger partial charge in [-0.15, -0.1) is 0 Å². The second-order valence-corrected chi connectivity index (χ2v) is 6.95. The summed E-state index contributed by atoms with van der Waals surface area (Å²) in [6, 6.07) is 4.72. The average Bonchev–Trinajstić information content (AvgIpc) is 3.18. The number of nitrogens with zero attached hydrogens (tertiary/aromatic N) is 1. The van der Waals surface area contributed by atoms with E-state index in [4.69, 9.17) is 15.4 Å². The van der Waals surface area contributed by atoms with Gasteiger partial charge in [0.1, 0.15) is 5.75 Å². The molecule has 0 aliphatic heterocycles. The van der Waals surface area contributed by atoms with E-state index in [1.807, 2.05) is 0 Å². The quantitative estimate of drug-likeness (QED) is 0.593. The molecule has 1 saturated carbocycles. The number of amides is 1. The molecule has 1 aromatic rings. The van der Waals surface area contributed by atoms with Gasteiger partial charge in [0.2, 0.25) is 6.41 Å². The average molecular weight is 304 g/mol. The Hall–Kier alpha value is -1.27. The maximum atomic E-state index is 11.5. The predicted molar refractivity (Wildman–Crippen MR) is 70.7 cm³/mol. The summed E-state index contributed by atoms with van der Waals surface area (Å²) in [6.45, 7) is 0.215. The van der Waals surface area contributed by atoms with Crippen LogP contribution in [0, 0.1) is 0 Å². The van der Waals surface area contributed by atoms with E-state index < -0.39 is 9.05 Å². The fourth-order valence-electron chi connectivity index (χ4n) is 1.90. The van der Waals surface area contributed by atoms with Crippen molar-refractivity contribution in [1.29, 1.82) is 0 Å². The highest BCUT2D eigenvalue weighted by atomic mass is 35.7. The van der Waals surface area contributed by atoms with Crippen LogP contribution in [0.4, 0.5) is 0 Å². The van der Waals surface area contributed by atoms with Crippen LogP contribution in [0.2, 0.25) is 0 Å². The van der Waals surface area contributed by atoms with E-state index in [9.17, 15) is 13.2 Å². The van der Waals surface area contributed by atoms with Crippen LogP contribution in [0.3, 0.4) is 0 Å². The van der Waals surface area contributed by atoms with Gasteiger partial charge in [0.25, 0.3) is 9.05 Å². The molecule has 0 spiro atoms. The van der Waals surface area contributed by atoms with Crippen LogP contribution in [-0.2, 0) is 20.4 Å². The molecule has 0 saturated heterocycles. The van der Waals surface area contributed by atoms with Gasteiger partial charge in [-0.25, -0.2) is 8.42 Å². The minimum absolute atomic E-state index is 0.0162. The molecule has 0 N–H and O–H groups in total. The summed E-state index contributed by atoms with van der Waals surface area (Å²) < 4.78 is 28.1. The van der Waals surface area contributed by atoms with Gasteiger partial charge in [0.15, 0.2) is 0 Å². The molecule has 0 bridgehead atoms. The molecule has 1 aromatic carbocycles. The van der Waals surface area contributed by atoms with Crippen molar-refractivity contribution in [3.8, 4) is 5.75 Å². The van der Waals surface area contributed by atoms with Crippen molar-refractivity contribution in [3.05, 3.63) is 23.8 Å². The lowest BCUT2D eigenvalue weighted by molar-refractivity contribution is -0.119. The van der Waals surface area contributed by atoms with Crippen LogP contribution in [0.15, 0.2) is 23.1 Å². The second-order valence-electron chi connectivity index (χ2n) is 4.42. The summed E-state index contributed by atoms with van der Waals surface area (Å²) in [5.41, 5.74) is 0.466. The summed E-state index contributed by atoms with van der Waals surface area (Å²) >= 11 is 0. The van der Waals surface area contributed by atoms with Gasteiger partial charge in [-0.3, -0.25) is 4.79 Å². The summed E-state index contributed by atoms with van der Waals surface area (Å²) in [5, 5.41) is 0. The molecule has 19 heavy (non-hydrogen) atoms. The van der Waals surface area contributed by atoms with Crippen molar-refractivity contribution in [1.82, 2.24) is 4.90 Å². The maximum Gasteiger partial charge on any atom is 0.261 e. The van der Waals surface area contributed by atoms with Crippen LogP contribution in [0.25, 0.3) is 0 Å². The normalized spacial score (nSPS) is 15.1. The number of hydrogen-bond donors (Lipinski definition) is 0. The van der Waals surface area contributed by atoms with E-state index in [1.165, 1.54) is 19.2 Å². The molecule has 1 aliphatic rings. The molecule has 0 heterocycles. The van der Waals surface area contributed by atoms with Crippen LogP contribution in [0.5, 0.6) is 5.75 Å². The summed E-state index contributed by atoms with van der Waals surface area (Å²) in [5.74, 6) is 0.528. The van der Waals surface area contributed by atoms with Gasteiger partial charge in [0.05, 0.1) is 12.0 Å². The Labute approximate surface area is 116 Å². The Morgan fingerprint density at radius 1 is 1.47 bits per heavy atom. The Kier molecular flexibility index (Phi) is 4.01. The lowest BCUT2D eigenvalue weighted by Crippen LogP contribution is -2.24. The summed E-state index contributed by atoms with van der Waals surface area (Å²) in [6.07, 6.45) is 2.64. The van der Waals surface area contributed by atoms with Crippen molar-refractivity contribution in [2.45, 2.75) is 30.3 Å². The maximum absolute atomic E-state index is 11.5. The largest absolute Gasteiger partial charge is 0.497 e. The van der Waals surface area contributed by atoms with Crippen molar-refractivity contribution in [2.24, 2.45) is 0 Å². The molecular weight excluding hydrogens is 290 g/mol. The Morgan fingerprint density at radius 2 is 2.16 bits per heavy atom. The number of carbonyl (C=O) groups excluding carboxylic acids is 1. The van der Waals surface area contributed by atoms with Gasteiger partial charge in [-0.05, 0) is 36.6 Å². The Balaban J connectivity index is 2.37. The smallest absolute Gasteiger partial charge is 0.261 e. The predicted octanol–water partition coefficient (Wildman–Crippen LogP) is 1.74. The van der Waals surface area contributed by atoms with Gasteiger partial charge < -0.3 is 9.64 Å². The highest BCUT2D eigenvalue weighted by Gasteiger charge is 2.29. The van der Waals surface area contributed by atoms with E-state index in [1.54, 1.807) is 11.0 Å². The van der Waals surface area contributed by atoms with E-state index >= 15 is 0 Å². The highest BCUT2D eigenvalue weighted by molar-refractivity contribution is 8.13. The van der Waals surface area contributed by atoms with E-state index in [0.717, 1.165) is 19.3 Å². The molecule has 0 atom stereocenters. The van der Waals surface area contributed by atoms with Gasteiger partial charge >= 0.3 is 0 Å². The Bertz CT molecular complexity index is 583. The minimum Gasteiger partial charge on any atom is -0.497 e. The van der Waals surface area contributed by atoms with Crippen LogP contribution in [0.1, 0.15) is 18.4 Å². The molecular formula is C12H14ClNO4S. The van der Waals surface area contributed by atoms with Crippen molar-refractivity contribution >= 4 is 26.1 Å². The lowest BCUT2D eigenvalue weighted by atomic mass is 10.2. The number of ether oxygens (including phenoxy) is 1. The third-order valence-corrected chi connectivity index (χ3v) is 4.46. The number of halogens is 1. The molecule has 104 valence electrons. The molecule has 0 unspecified atom stereocenters. The topological polar surface area (TPSA) is 63.7 Å². The first-order valence-corrected chi connectivity index (χ1v) is 8.09. The van der Waals surface area contributed by atoms with Crippen molar-refractivity contribution < 1.29 is 17.9 Å². The van der Waals surface area contributed by atoms with Crippen LogP contribution >= 0.6 is 10.7 Å². The SMILES string of the molecule is COc1ccc(S(=O)(=O)Cl)c(CN(C=O)C2CC2)c1. The highest BCUT2D eigenvalue weighted by Crippen LogP contribution is 2.30. The van der Waals surface area contributed by atoms with E-state index in [2.05, 4.69) is 0 Å². The third kappa shape index (κ3) is 3.39. The molecule has 5 nitrogen and oxygen atoms in total. The second kappa shape index (κ2) is 5.38. The van der Waals surface area contributed by atoms with E-state index in [-0.39, 0.29) is 17.5 Å². The van der Waals surface area contributed by atoms with Crippen LogP contribution < -0.4 is 4.74 Å². The first-order chi connectivity index (χ1) is 8.95. The fraction of sp³-hybridized carbons (Fsp3) is 0.417. The van der Waals surface area contributed by atoms with E-state index in [0.29, 0.717) is 11.3 Å². The zero-order valence-electron chi connectivity index (χ0n) is 10.4. The molecule has 2 rings (SSSR count). The number of rotatable bonds is 6. The van der Waals surface area contributed by atoms with Gasteiger partial charge in [-0.1, -0.05) is 0 Å². The number of methoxy groups -OCH3 is 1. The summed E-state index contributed by atoms with van der Waals surface area (Å²) in [4.78, 5) is 12.6. The van der Waals surface area contributed by atoms with Crippen molar-refractivity contribution in [3.63, 3.8) is 0 Å². The number of benzene rings is 1. The third-order valence-electron chi connectivity index (χ3n) is 3.03. The monoisotopic (exact) mass is 303 g/mol. The fourth-order valence-corrected chi connectivity index (χ4v) is 3.02. The minimum atomic E-state index is -3.84. The summed E-state index contributed by atoms with van der Waals surface area (Å²) in [7, 11) is 3.05. The van der Waals surface area contributed by atoms with Gasteiger partial charge in [0, 0.05) is 23.3 Å². The molecule has 1 aliphatic carbocycles. The Morgan fingerprint density at radius 3 is 2.63 bits per heavy atom. The molecule has 0 radical (unpaired) electrons. The molecule has 7 heteroatoms. The van der Waals surface area contributed by atoms with Gasteiger partial charge in [-0.2, -0.15) is 0 Å². The van der Waals surface area contributed by atoms with Crippen LogP contribution in [-0.4, -0.2) is 32.9 Å². The molecule has 0 aromatic heterocycles. The molecule has 1 amide bonds. The first-order valence-electron chi connectivity index (χ1n) is 5.78. The van der Waals surface area contributed by atoms with Crippen molar-refractivity contribution in [2.75, 3.05) is 7.11 Å². The number of hydrogen-bond acceptors (Lipinski definition) is 4. The molecule has 1 fully saturated rings. The first kappa shape index (κ1) is 14.1. The lowest BCUT2D eigenvalue weighted by Gasteiger charge is -2.18. The zero-order valence-corrected chi connectivity index (χ0v) is 11.9.